The van der Waals surface area contributed by atoms with Gasteiger partial charge in [-0.1, -0.05) is 79.6 Å². The topological polar surface area (TPSA) is 141 Å². The third-order valence-corrected chi connectivity index (χ3v) is 13.8. The summed E-state index contributed by atoms with van der Waals surface area (Å²) < 4.78 is 29.7. The van der Waals surface area contributed by atoms with Gasteiger partial charge in [0.15, 0.2) is 0 Å². The van der Waals surface area contributed by atoms with E-state index in [1.807, 2.05) is 85.9 Å². The number of nitrogens with one attached hydrogen (secondary N) is 3. The molecule has 0 bridgehead atoms. The van der Waals surface area contributed by atoms with Crippen LogP contribution in [0.4, 0.5) is 17.1 Å². The average molecular weight is 872 g/mol. The van der Waals surface area contributed by atoms with Crippen molar-refractivity contribution in [2.75, 3.05) is 42.9 Å². The van der Waals surface area contributed by atoms with Crippen molar-refractivity contribution in [2.24, 2.45) is 5.41 Å². The molecule has 1 amide bonds. The molecule has 1 fully saturated rings. The predicted molar refractivity (Wildman–Crippen MR) is 248 cm³/mol. The zero-order valence-corrected chi connectivity index (χ0v) is 36.7. The highest BCUT2D eigenvalue weighted by Gasteiger charge is 2.30. The van der Waals surface area contributed by atoms with E-state index in [-0.39, 0.29) is 22.7 Å². The van der Waals surface area contributed by atoms with Gasteiger partial charge >= 0.3 is 0 Å². The minimum Gasteiger partial charge on any atom is -0.373 e. The SMILES string of the molecule is C[C@H](Nc1ccc(S(=O)(=O)NC(=O)c2ccc(N3CCN(CC4=C(c5ccc(Cl)cc5)CC(C)(C)CC4)CC3)cc2Cc2ccc3[nH]ccc3c2)cc1[N+](=O)[O-])c1ccccc1. The number of hydrogen-bond acceptors (Lipinski definition) is 8. The van der Waals surface area contributed by atoms with Crippen molar-refractivity contribution in [1.29, 1.82) is 0 Å². The first-order chi connectivity index (χ1) is 29.7. The summed E-state index contributed by atoms with van der Waals surface area (Å²) in [6, 6.07) is 34.5. The summed E-state index contributed by atoms with van der Waals surface area (Å²) in [5.41, 5.74) is 8.82. The zero-order chi connectivity index (χ0) is 43.6. The Kier molecular flexibility index (Phi) is 12.3. The number of carbonyl (C=O) groups excluding carboxylic acids is 1. The summed E-state index contributed by atoms with van der Waals surface area (Å²) in [6.07, 6.45) is 5.50. The quantitative estimate of drug-likeness (QED) is 0.0770. The molecule has 0 radical (unpaired) electrons. The minimum atomic E-state index is -4.51. The van der Waals surface area contributed by atoms with Gasteiger partial charge in [-0.15, -0.1) is 0 Å². The van der Waals surface area contributed by atoms with E-state index in [0.29, 0.717) is 12.0 Å². The van der Waals surface area contributed by atoms with Crippen LogP contribution in [0.25, 0.3) is 16.5 Å². The number of H-pyrrole nitrogens is 1. The van der Waals surface area contributed by atoms with Crippen LogP contribution in [0.3, 0.4) is 0 Å². The summed E-state index contributed by atoms with van der Waals surface area (Å²) in [5.74, 6) is -0.818. The third-order valence-electron chi connectivity index (χ3n) is 12.3. The number of amides is 1. The number of anilines is 2. The summed E-state index contributed by atoms with van der Waals surface area (Å²) in [7, 11) is -4.51. The Morgan fingerprint density at radius 3 is 2.42 bits per heavy atom. The summed E-state index contributed by atoms with van der Waals surface area (Å²) in [6.45, 7) is 10.8. The van der Waals surface area contributed by atoms with E-state index in [4.69, 9.17) is 11.6 Å². The highest BCUT2D eigenvalue weighted by atomic mass is 35.5. The molecule has 3 N–H and O–H groups in total. The molecule has 2 heterocycles. The maximum Gasteiger partial charge on any atom is 0.293 e. The van der Waals surface area contributed by atoms with Crippen molar-refractivity contribution in [3.05, 3.63) is 170 Å². The van der Waals surface area contributed by atoms with E-state index in [0.717, 1.165) is 90.8 Å². The van der Waals surface area contributed by atoms with Gasteiger partial charge in [0.2, 0.25) is 0 Å². The Labute approximate surface area is 368 Å². The van der Waals surface area contributed by atoms with Crippen molar-refractivity contribution >= 4 is 61.1 Å². The highest BCUT2D eigenvalue weighted by molar-refractivity contribution is 7.90. The molecule has 1 aromatic heterocycles. The number of rotatable bonds is 13. The second-order valence-corrected chi connectivity index (χ2v) is 19.4. The minimum absolute atomic E-state index is 0.160. The molecule has 5 aromatic carbocycles. The smallest absolute Gasteiger partial charge is 0.293 e. The molecule has 8 rings (SSSR count). The van der Waals surface area contributed by atoms with Crippen LogP contribution in [0.15, 0.2) is 132 Å². The van der Waals surface area contributed by atoms with Crippen LogP contribution in [0.5, 0.6) is 0 Å². The Hall–Kier alpha value is -5.95. The number of nitrogens with zero attached hydrogens (tertiary/aromatic N) is 3. The van der Waals surface area contributed by atoms with E-state index < -0.39 is 31.4 Å². The number of piperazine rings is 1. The van der Waals surface area contributed by atoms with Crippen LogP contribution in [-0.4, -0.2) is 61.9 Å². The van der Waals surface area contributed by atoms with E-state index in [9.17, 15) is 23.3 Å². The number of nitro groups is 1. The molecular weight excluding hydrogens is 820 g/mol. The highest BCUT2D eigenvalue weighted by Crippen LogP contribution is 2.43. The van der Waals surface area contributed by atoms with Crippen molar-refractivity contribution in [3.8, 4) is 0 Å². The lowest BCUT2D eigenvalue weighted by Crippen LogP contribution is -2.47. The second-order valence-electron chi connectivity index (χ2n) is 17.3. The number of benzene rings is 5. The Bertz CT molecular complexity index is 2760. The molecule has 0 saturated carbocycles. The summed E-state index contributed by atoms with van der Waals surface area (Å²) >= 11 is 6.25. The number of halogens is 1. The van der Waals surface area contributed by atoms with Gasteiger partial charge in [-0.2, -0.15) is 0 Å². The van der Waals surface area contributed by atoms with Crippen molar-refractivity contribution in [2.45, 2.75) is 57.4 Å². The van der Waals surface area contributed by atoms with Crippen LogP contribution >= 0.6 is 11.6 Å². The lowest BCUT2D eigenvalue weighted by atomic mass is 9.72. The van der Waals surface area contributed by atoms with Crippen LogP contribution in [-0.2, 0) is 16.4 Å². The maximum absolute atomic E-state index is 14.0. The van der Waals surface area contributed by atoms with Crippen LogP contribution in [0.2, 0.25) is 5.02 Å². The van der Waals surface area contributed by atoms with Gasteiger partial charge in [-0.05, 0) is 132 Å². The lowest BCUT2D eigenvalue weighted by Gasteiger charge is -2.39. The van der Waals surface area contributed by atoms with Gasteiger partial charge in [0.1, 0.15) is 5.69 Å². The molecule has 0 spiro atoms. The largest absolute Gasteiger partial charge is 0.373 e. The monoisotopic (exact) mass is 870 g/mol. The molecule has 6 aromatic rings. The lowest BCUT2D eigenvalue weighted by molar-refractivity contribution is -0.384. The standard InChI is InChI=1S/C49H51ClN6O5S/c1-33(35-7-5-4-6-8-35)52-46-18-15-42(30-47(46)56(58)59)62(60,61)53-48(57)43-16-14-41(29-39(43)28-34-9-17-45-37(27-34)20-22-51-45)55-25-23-54(24-26-55)32-38-19-21-49(2,3)31-44(38)36-10-12-40(50)13-11-36/h4-18,20,22,27,29-30,33,51-52H,19,21,23-26,28,31-32H2,1-3H3,(H,53,57)/t33-/m0/s1. The Morgan fingerprint density at radius 1 is 0.919 bits per heavy atom. The van der Waals surface area contributed by atoms with Gasteiger partial charge in [0, 0.05) is 72.8 Å². The van der Waals surface area contributed by atoms with Gasteiger partial charge in [0.25, 0.3) is 21.6 Å². The van der Waals surface area contributed by atoms with E-state index in [2.05, 4.69) is 56.9 Å². The Morgan fingerprint density at radius 2 is 1.68 bits per heavy atom. The zero-order valence-electron chi connectivity index (χ0n) is 35.2. The molecule has 2 aliphatic rings. The molecule has 0 unspecified atom stereocenters. The van der Waals surface area contributed by atoms with E-state index in [1.165, 1.54) is 28.8 Å². The molecule has 1 saturated heterocycles. The van der Waals surface area contributed by atoms with Gasteiger partial charge in [-0.3, -0.25) is 19.8 Å². The second kappa shape index (κ2) is 17.8. The maximum atomic E-state index is 14.0. The van der Waals surface area contributed by atoms with Crippen molar-refractivity contribution in [1.82, 2.24) is 14.6 Å². The molecule has 1 aliphatic carbocycles. The number of allylic oxidation sites excluding steroid dienone is 1. The predicted octanol–water partition coefficient (Wildman–Crippen LogP) is 10.4. The third kappa shape index (κ3) is 9.73. The average Bonchev–Trinajstić information content (AvgIpc) is 3.73. The molecule has 1 aliphatic heterocycles. The molecule has 1 atom stereocenters. The fraction of sp³-hybridized carbons (Fsp3) is 0.286. The van der Waals surface area contributed by atoms with Gasteiger partial charge in [-0.25, -0.2) is 13.1 Å². The van der Waals surface area contributed by atoms with Gasteiger partial charge < -0.3 is 15.2 Å². The number of fused-ring (bicyclic) bond motifs is 1. The summed E-state index contributed by atoms with van der Waals surface area (Å²) in [5, 5.41) is 17.1. The fourth-order valence-corrected chi connectivity index (χ4v) is 9.83. The van der Waals surface area contributed by atoms with Crippen LogP contribution < -0.4 is 14.9 Å². The molecule has 13 heteroatoms. The number of sulfonamides is 1. The van der Waals surface area contributed by atoms with E-state index in [1.54, 1.807) is 6.07 Å². The van der Waals surface area contributed by atoms with E-state index >= 15 is 0 Å². The van der Waals surface area contributed by atoms with Crippen molar-refractivity contribution < 1.29 is 18.1 Å². The number of hydrogen-bond donors (Lipinski definition) is 3. The normalized spacial score (nSPS) is 16.3. The number of aromatic nitrogens is 1. The summed E-state index contributed by atoms with van der Waals surface area (Å²) in [4.78, 5) is 33.3. The number of nitro benzene ring substituents is 1. The Balaban J connectivity index is 1.02. The first kappa shape index (κ1) is 42.7. The molecule has 320 valence electrons. The van der Waals surface area contributed by atoms with Crippen LogP contribution in [0.1, 0.15) is 78.7 Å². The number of carbonyl (C=O) groups is 1. The van der Waals surface area contributed by atoms with Crippen LogP contribution in [0, 0.1) is 15.5 Å². The fourth-order valence-electron chi connectivity index (χ4n) is 8.72. The van der Waals surface area contributed by atoms with Gasteiger partial charge in [0.05, 0.1) is 9.82 Å². The molecule has 62 heavy (non-hydrogen) atoms. The van der Waals surface area contributed by atoms with Crippen molar-refractivity contribution in [3.63, 3.8) is 0 Å². The first-order valence-corrected chi connectivity index (χ1v) is 22.9. The molecule has 11 nitrogen and oxygen atoms in total. The first-order valence-electron chi connectivity index (χ1n) is 21.0. The number of aromatic amines is 1. The molecular formula is C49H51ClN6O5S.